The van der Waals surface area contributed by atoms with E-state index in [9.17, 15) is 13.2 Å². The van der Waals surface area contributed by atoms with Crippen LogP contribution < -0.4 is 10.1 Å². The van der Waals surface area contributed by atoms with E-state index >= 15 is 0 Å². The summed E-state index contributed by atoms with van der Waals surface area (Å²) in [5.74, 6) is 0.118. The zero-order chi connectivity index (χ0) is 15.3. The summed E-state index contributed by atoms with van der Waals surface area (Å²) in [6.07, 6.45) is -1.12. The van der Waals surface area contributed by atoms with Gasteiger partial charge in [-0.2, -0.15) is 37.9 Å². The van der Waals surface area contributed by atoms with Crippen LogP contribution in [0, 0.1) is 0 Å². The van der Waals surface area contributed by atoms with E-state index in [1.54, 1.807) is 0 Å². The molecule has 2 rings (SSSR count). The summed E-state index contributed by atoms with van der Waals surface area (Å²) in [5.41, 5.74) is 0. The molecule has 0 aliphatic heterocycles. The maximum atomic E-state index is 12.2. The molecule has 0 saturated heterocycles. The molecular formula is C10H12F3N7O. The average molecular weight is 303 g/mol. The van der Waals surface area contributed by atoms with E-state index < -0.39 is 18.8 Å². The van der Waals surface area contributed by atoms with Gasteiger partial charge < -0.3 is 10.1 Å². The van der Waals surface area contributed by atoms with Gasteiger partial charge in [-0.05, 0) is 6.42 Å². The fraction of sp³-hybridized carbons (Fsp3) is 0.500. The van der Waals surface area contributed by atoms with E-state index in [0.29, 0.717) is 6.54 Å². The Kier molecular flexibility index (Phi) is 4.50. The first-order valence-corrected chi connectivity index (χ1v) is 6.02. The van der Waals surface area contributed by atoms with Crippen LogP contribution in [0.5, 0.6) is 6.01 Å². The van der Waals surface area contributed by atoms with Crippen molar-refractivity contribution in [3.63, 3.8) is 0 Å². The van der Waals surface area contributed by atoms with Gasteiger partial charge in [0.25, 0.3) is 5.95 Å². The van der Waals surface area contributed by atoms with Crippen molar-refractivity contribution >= 4 is 5.95 Å². The third-order valence-electron chi connectivity index (χ3n) is 2.12. The highest BCUT2D eigenvalue weighted by atomic mass is 19.4. The van der Waals surface area contributed by atoms with E-state index in [0.717, 1.165) is 6.42 Å². The maximum Gasteiger partial charge on any atom is 0.422 e. The largest absolute Gasteiger partial charge is 0.454 e. The van der Waals surface area contributed by atoms with Crippen molar-refractivity contribution in [2.45, 2.75) is 19.5 Å². The Morgan fingerprint density at radius 3 is 2.71 bits per heavy atom. The van der Waals surface area contributed by atoms with Gasteiger partial charge in [0, 0.05) is 6.54 Å². The molecule has 0 saturated carbocycles. The number of nitrogens with zero attached hydrogens (tertiary/aromatic N) is 6. The molecule has 2 aromatic rings. The number of rotatable bonds is 6. The quantitative estimate of drug-likeness (QED) is 0.857. The van der Waals surface area contributed by atoms with E-state index in [1.165, 1.54) is 17.3 Å². The first-order valence-electron chi connectivity index (χ1n) is 6.02. The van der Waals surface area contributed by atoms with Crippen LogP contribution in [0.1, 0.15) is 13.3 Å². The Bertz CT molecular complexity index is 573. The first kappa shape index (κ1) is 14.9. The van der Waals surface area contributed by atoms with Crippen LogP contribution in [0.2, 0.25) is 0 Å². The maximum absolute atomic E-state index is 12.2. The standard InChI is InChI=1S/C10H12F3N7O/c1-2-3-15-7-17-8(20-6-14-5-16-20)19-9(18-7)21-4-10(11,12)13/h5-6H,2-4H2,1H3,(H,15,17,18,19). The minimum absolute atomic E-state index is 0.0123. The van der Waals surface area contributed by atoms with Crippen molar-refractivity contribution in [2.75, 3.05) is 18.5 Å². The van der Waals surface area contributed by atoms with Gasteiger partial charge in [-0.15, -0.1) is 0 Å². The topological polar surface area (TPSA) is 90.6 Å². The van der Waals surface area contributed by atoms with Crippen LogP contribution in [0.4, 0.5) is 19.1 Å². The highest BCUT2D eigenvalue weighted by Crippen LogP contribution is 2.17. The fourth-order valence-corrected chi connectivity index (χ4v) is 1.29. The minimum Gasteiger partial charge on any atom is -0.454 e. The third-order valence-corrected chi connectivity index (χ3v) is 2.12. The lowest BCUT2D eigenvalue weighted by atomic mass is 10.5. The van der Waals surface area contributed by atoms with Gasteiger partial charge in [-0.3, -0.25) is 0 Å². The molecule has 2 aromatic heterocycles. The molecule has 0 aromatic carbocycles. The third kappa shape index (κ3) is 4.54. The van der Waals surface area contributed by atoms with E-state index in [1.807, 2.05) is 6.92 Å². The number of hydrogen-bond donors (Lipinski definition) is 1. The van der Waals surface area contributed by atoms with E-state index in [2.05, 4.69) is 35.1 Å². The fourth-order valence-electron chi connectivity index (χ4n) is 1.29. The highest BCUT2D eigenvalue weighted by molar-refractivity contribution is 5.29. The molecule has 0 fully saturated rings. The SMILES string of the molecule is CCCNc1nc(OCC(F)(F)F)nc(-n2cncn2)n1. The predicted molar refractivity (Wildman–Crippen MR) is 65.1 cm³/mol. The second-order valence-corrected chi connectivity index (χ2v) is 3.91. The van der Waals surface area contributed by atoms with Crippen molar-refractivity contribution in [3.05, 3.63) is 12.7 Å². The molecule has 0 aliphatic rings. The van der Waals surface area contributed by atoms with Gasteiger partial charge in [-0.1, -0.05) is 6.92 Å². The van der Waals surface area contributed by atoms with Crippen molar-refractivity contribution in [1.29, 1.82) is 0 Å². The Morgan fingerprint density at radius 2 is 2.10 bits per heavy atom. The molecule has 0 atom stereocenters. The zero-order valence-corrected chi connectivity index (χ0v) is 11.0. The summed E-state index contributed by atoms with van der Waals surface area (Å²) in [6.45, 7) is 0.994. The first-order chi connectivity index (χ1) is 9.98. The number of ether oxygens (including phenoxy) is 1. The number of nitrogens with one attached hydrogen (secondary N) is 1. The highest BCUT2D eigenvalue weighted by Gasteiger charge is 2.29. The van der Waals surface area contributed by atoms with Gasteiger partial charge in [0.15, 0.2) is 6.61 Å². The van der Waals surface area contributed by atoms with Crippen LogP contribution in [-0.4, -0.2) is 49.0 Å². The molecule has 11 heteroatoms. The number of halogens is 3. The molecular weight excluding hydrogens is 291 g/mol. The molecule has 0 aliphatic carbocycles. The molecule has 0 amide bonds. The summed E-state index contributed by atoms with van der Waals surface area (Å²) >= 11 is 0. The van der Waals surface area contributed by atoms with Gasteiger partial charge in [0.2, 0.25) is 5.95 Å². The van der Waals surface area contributed by atoms with Gasteiger partial charge in [-0.25, -0.2) is 4.98 Å². The van der Waals surface area contributed by atoms with Gasteiger partial charge >= 0.3 is 12.2 Å². The Labute approximate surface area is 117 Å². The predicted octanol–water partition coefficient (Wildman–Crippen LogP) is 1.22. The van der Waals surface area contributed by atoms with Crippen molar-refractivity contribution in [2.24, 2.45) is 0 Å². The molecule has 8 nitrogen and oxygen atoms in total. The smallest absolute Gasteiger partial charge is 0.422 e. The molecule has 0 bridgehead atoms. The lowest BCUT2D eigenvalue weighted by Gasteiger charge is -2.10. The van der Waals surface area contributed by atoms with Crippen LogP contribution >= 0.6 is 0 Å². The summed E-state index contributed by atoms with van der Waals surface area (Å²) in [7, 11) is 0. The van der Waals surface area contributed by atoms with Crippen LogP contribution in [0.25, 0.3) is 5.95 Å². The van der Waals surface area contributed by atoms with Crippen LogP contribution in [-0.2, 0) is 0 Å². The monoisotopic (exact) mass is 303 g/mol. The summed E-state index contributed by atoms with van der Waals surface area (Å²) < 4.78 is 42.3. The second kappa shape index (κ2) is 6.33. The van der Waals surface area contributed by atoms with Crippen molar-refractivity contribution in [3.8, 4) is 12.0 Å². The van der Waals surface area contributed by atoms with Gasteiger partial charge in [0.1, 0.15) is 12.7 Å². The van der Waals surface area contributed by atoms with Crippen molar-refractivity contribution in [1.82, 2.24) is 29.7 Å². The van der Waals surface area contributed by atoms with Crippen molar-refractivity contribution < 1.29 is 17.9 Å². The second-order valence-electron chi connectivity index (χ2n) is 3.91. The Hall–Kier alpha value is -2.46. The van der Waals surface area contributed by atoms with E-state index in [-0.39, 0.29) is 11.9 Å². The lowest BCUT2D eigenvalue weighted by molar-refractivity contribution is -0.154. The number of aromatic nitrogens is 6. The van der Waals surface area contributed by atoms with E-state index in [4.69, 9.17) is 0 Å². The molecule has 0 spiro atoms. The molecule has 21 heavy (non-hydrogen) atoms. The minimum atomic E-state index is -4.48. The molecule has 114 valence electrons. The van der Waals surface area contributed by atoms with Crippen LogP contribution in [0.15, 0.2) is 12.7 Å². The summed E-state index contributed by atoms with van der Waals surface area (Å²) in [5, 5.41) is 6.65. The summed E-state index contributed by atoms with van der Waals surface area (Å²) in [4.78, 5) is 15.3. The Balaban J connectivity index is 2.24. The molecule has 0 unspecified atom stereocenters. The normalized spacial score (nSPS) is 11.4. The molecule has 0 radical (unpaired) electrons. The molecule has 2 heterocycles. The summed E-state index contributed by atoms with van der Waals surface area (Å²) in [6, 6.07) is -0.438. The Morgan fingerprint density at radius 1 is 1.29 bits per heavy atom. The average Bonchev–Trinajstić information content (AvgIpc) is 2.96. The zero-order valence-electron chi connectivity index (χ0n) is 11.0. The molecule has 1 N–H and O–H groups in total. The number of hydrogen-bond acceptors (Lipinski definition) is 7. The van der Waals surface area contributed by atoms with Crippen LogP contribution in [0.3, 0.4) is 0 Å². The number of anilines is 1. The van der Waals surface area contributed by atoms with Gasteiger partial charge in [0.05, 0.1) is 0 Å². The number of alkyl halides is 3. The lowest BCUT2D eigenvalue weighted by Crippen LogP contribution is -2.21.